The summed E-state index contributed by atoms with van der Waals surface area (Å²) in [6.07, 6.45) is 4.00. The minimum absolute atomic E-state index is 0.0250. The van der Waals surface area contributed by atoms with E-state index in [2.05, 4.69) is 22.3 Å². The summed E-state index contributed by atoms with van der Waals surface area (Å²) in [6.45, 7) is 3.91. The summed E-state index contributed by atoms with van der Waals surface area (Å²) in [6, 6.07) is 8.13. The van der Waals surface area contributed by atoms with E-state index in [1.165, 1.54) is 23.9 Å². The number of amides is 1. The molecule has 8 nitrogen and oxygen atoms in total. The molecule has 1 atom stereocenters. The Balaban J connectivity index is 1.81. The average molecular weight is 491 g/mol. The first-order valence-corrected chi connectivity index (χ1v) is 11.4. The Morgan fingerprint density at radius 3 is 2.58 bits per heavy atom. The van der Waals surface area contributed by atoms with Crippen molar-refractivity contribution >= 4 is 51.7 Å². The molecule has 0 spiro atoms. The maximum atomic E-state index is 12.9. The quantitative estimate of drug-likeness (QED) is 0.339. The van der Waals surface area contributed by atoms with Crippen LogP contribution in [0, 0.1) is 0 Å². The SMILES string of the molecule is CCCCCCn1nc(C(=O)OC(C)C(=O)Nc2ncc(Cl)cc2Cl)c2ccccc2c1=O. The van der Waals surface area contributed by atoms with Crippen molar-refractivity contribution in [3.05, 3.63) is 62.6 Å². The number of fused-ring (bicyclic) bond motifs is 1. The molecule has 0 saturated carbocycles. The lowest BCUT2D eigenvalue weighted by Crippen LogP contribution is -2.32. The summed E-state index contributed by atoms with van der Waals surface area (Å²) < 4.78 is 6.64. The van der Waals surface area contributed by atoms with Gasteiger partial charge in [-0.05, 0) is 25.5 Å². The van der Waals surface area contributed by atoms with E-state index < -0.39 is 18.0 Å². The maximum Gasteiger partial charge on any atom is 0.360 e. The number of anilines is 1. The van der Waals surface area contributed by atoms with Crippen LogP contribution in [0.3, 0.4) is 0 Å². The molecule has 0 bridgehead atoms. The van der Waals surface area contributed by atoms with Crippen LogP contribution in [0.25, 0.3) is 10.8 Å². The van der Waals surface area contributed by atoms with Crippen molar-refractivity contribution in [1.29, 1.82) is 0 Å². The van der Waals surface area contributed by atoms with E-state index in [0.717, 1.165) is 25.7 Å². The van der Waals surface area contributed by atoms with E-state index in [0.29, 0.717) is 22.3 Å². The highest BCUT2D eigenvalue weighted by molar-refractivity contribution is 6.36. The first kappa shape index (κ1) is 24.7. The number of halogens is 2. The Bertz CT molecular complexity index is 1230. The molecule has 3 aromatic rings. The Hall–Kier alpha value is -2.97. The third kappa shape index (κ3) is 6.09. The number of pyridine rings is 1. The number of hydrogen-bond acceptors (Lipinski definition) is 6. The summed E-state index contributed by atoms with van der Waals surface area (Å²) in [5, 5.41) is 7.97. The first-order chi connectivity index (χ1) is 15.8. The molecule has 10 heteroatoms. The zero-order valence-electron chi connectivity index (χ0n) is 18.3. The van der Waals surface area contributed by atoms with Gasteiger partial charge in [0.15, 0.2) is 17.6 Å². The van der Waals surface area contributed by atoms with Crippen LogP contribution in [-0.2, 0) is 16.1 Å². The minimum atomic E-state index is -1.17. The van der Waals surface area contributed by atoms with E-state index >= 15 is 0 Å². The van der Waals surface area contributed by atoms with Gasteiger partial charge in [-0.3, -0.25) is 9.59 Å². The number of ether oxygens (including phenoxy) is 1. The highest BCUT2D eigenvalue weighted by Gasteiger charge is 2.24. The fourth-order valence-corrected chi connectivity index (χ4v) is 3.65. The van der Waals surface area contributed by atoms with Gasteiger partial charge in [0.05, 0.1) is 15.4 Å². The zero-order chi connectivity index (χ0) is 24.0. The smallest absolute Gasteiger partial charge is 0.360 e. The van der Waals surface area contributed by atoms with Gasteiger partial charge in [0.25, 0.3) is 11.5 Å². The highest BCUT2D eigenvalue weighted by Crippen LogP contribution is 2.23. The largest absolute Gasteiger partial charge is 0.448 e. The molecule has 0 saturated heterocycles. The van der Waals surface area contributed by atoms with Gasteiger partial charge in [0.1, 0.15) is 0 Å². The molecule has 1 unspecified atom stereocenters. The Morgan fingerprint density at radius 1 is 1.15 bits per heavy atom. The number of aryl methyl sites for hydroxylation is 1. The molecule has 0 aliphatic carbocycles. The van der Waals surface area contributed by atoms with Crippen LogP contribution >= 0.6 is 23.2 Å². The fourth-order valence-electron chi connectivity index (χ4n) is 3.22. The standard InChI is InChI=1S/C23H24Cl2N4O4/c1-3-4-5-8-11-29-22(31)17-10-7-6-9-16(17)19(28-29)23(32)33-14(2)21(30)27-20-18(25)12-15(24)13-26-20/h6-7,9-10,12-14H,3-5,8,11H2,1-2H3,(H,26,27,30). The maximum absolute atomic E-state index is 12.9. The molecule has 0 aliphatic heterocycles. The summed E-state index contributed by atoms with van der Waals surface area (Å²) in [4.78, 5) is 42.2. The predicted octanol–water partition coefficient (Wildman–Crippen LogP) is 4.86. The number of benzene rings is 1. The van der Waals surface area contributed by atoms with Crippen LogP contribution in [0.15, 0.2) is 41.3 Å². The van der Waals surface area contributed by atoms with Crippen molar-refractivity contribution < 1.29 is 14.3 Å². The molecule has 2 aromatic heterocycles. The van der Waals surface area contributed by atoms with Crippen LogP contribution in [0.4, 0.5) is 5.82 Å². The summed E-state index contributed by atoms with van der Waals surface area (Å²) in [5.74, 6) is -1.35. The number of esters is 1. The fraction of sp³-hybridized carbons (Fsp3) is 0.348. The number of carbonyl (C=O) groups is 2. The minimum Gasteiger partial charge on any atom is -0.448 e. The Morgan fingerprint density at radius 2 is 1.88 bits per heavy atom. The highest BCUT2D eigenvalue weighted by atomic mass is 35.5. The molecule has 174 valence electrons. The lowest BCUT2D eigenvalue weighted by molar-refractivity contribution is -0.123. The second kappa shape index (κ2) is 11.2. The van der Waals surface area contributed by atoms with Crippen LogP contribution in [0.5, 0.6) is 0 Å². The number of unbranched alkanes of at least 4 members (excludes halogenated alkanes) is 3. The van der Waals surface area contributed by atoms with Crippen LogP contribution in [-0.4, -0.2) is 32.7 Å². The van der Waals surface area contributed by atoms with Crippen molar-refractivity contribution in [2.75, 3.05) is 5.32 Å². The number of hydrogen-bond donors (Lipinski definition) is 1. The molecule has 1 aromatic carbocycles. The monoisotopic (exact) mass is 490 g/mol. The molecule has 1 N–H and O–H groups in total. The van der Waals surface area contributed by atoms with Gasteiger partial charge < -0.3 is 10.1 Å². The van der Waals surface area contributed by atoms with Gasteiger partial charge in [-0.1, -0.05) is 67.6 Å². The third-order valence-corrected chi connectivity index (χ3v) is 5.48. The molecule has 2 heterocycles. The van der Waals surface area contributed by atoms with Crippen LogP contribution in [0.2, 0.25) is 10.0 Å². The topological polar surface area (TPSA) is 103 Å². The first-order valence-electron chi connectivity index (χ1n) is 10.6. The van der Waals surface area contributed by atoms with Crippen molar-refractivity contribution in [2.45, 2.75) is 52.2 Å². The summed E-state index contributed by atoms with van der Waals surface area (Å²) in [7, 11) is 0. The van der Waals surface area contributed by atoms with E-state index in [-0.39, 0.29) is 22.1 Å². The molecule has 33 heavy (non-hydrogen) atoms. The normalized spacial score (nSPS) is 11.9. The van der Waals surface area contributed by atoms with Gasteiger partial charge in [-0.15, -0.1) is 0 Å². The van der Waals surface area contributed by atoms with Gasteiger partial charge in [-0.2, -0.15) is 5.10 Å². The van der Waals surface area contributed by atoms with Crippen molar-refractivity contribution in [3.63, 3.8) is 0 Å². The predicted molar refractivity (Wildman–Crippen MR) is 128 cm³/mol. The Labute approximate surface area is 200 Å². The molecule has 1 amide bonds. The van der Waals surface area contributed by atoms with Crippen LogP contribution < -0.4 is 10.9 Å². The zero-order valence-corrected chi connectivity index (χ0v) is 19.8. The van der Waals surface area contributed by atoms with Gasteiger partial charge in [-0.25, -0.2) is 14.5 Å². The molecule has 3 rings (SSSR count). The molecule has 0 radical (unpaired) electrons. The van der Waals surface area contributed by atoms with Crippen LogP contribution in [0.1, 0.15) is 50.0 Å². The molecule has 0 aliphatic rings. The van der Waals surface area contributed by atoms with E-state index in [4.69, 9.17) is 27.9 Å². The Kier molecular flexibility index (Phi) is 8.41. The second-order valence-electron chi connectivity index (χ2n) is 7.50. The number of nitrogens with one attached hydrogen (secondary N) is 1. The number of rotatable bonds is 9. The van der Waals surface area contributed by atoms with E-state index in [1.54, 1.807) is 24.3 Å². The number of carbonyl (C=O) groups excluding carboxylic acids is 2. The number of nitrogens with zero attached hydrogens (tertiary/aromatic N) is 3. The van der Waals surface area contributed by atoms with Gasteiger partial charge >= 0.3 is 5.97 Å². The summed E-state index contributed by atoms with van der Waals surface area (Å²) in [5.41, 5.74) is -0.295. The molecule has 0 fully saturated rings. The lowest BCUT2D eigenvalue weighted by Gasteiger charge is -2.15. The molecular formula is C23H24Cl2N4O4. The average Bonchev–Trinajstić information content (AvgIpc) is 2.79. The lowest BCUT2D eigenvalue weighted by atomic mass is 10.1. The number of aromatic nitrogens is 3. The van der Waals surface area contributed by atoms with E-state index in [1.807, 2.05) is 0 Å². The van der Waals surface area contributed by atoms with Crippen molar-refractivity contribution in [1.82, 2.24) is 14.8 Å². The molecular weight excluding hydrogens is 467 g/mol. The third-order valence-electron chi connectivity index (χ3n) is 4.99. The van der Waals surface area contributed by atoms with Crippen molar-refractivity contribution in [2.24, 2.45) is 0 Å². The van der Waals surface area contributed by atoms with E-state index in [9.17, 15) is 14.4 Å². The summed E-state index contributed by atoms with van der Waals surface area (Å²) >= 11 is 11.8. The van der Waals surface area contributed by atoms with Gasteiger partial charge in [0, 0.05) is 18.1 Å². The van der Waals surface area contributed by atoms with Gasteiger partial charge in [0.2, 0.25) is 0 Å². The van der Waals surface area contributed by atoms with Crippen molar-refractivity contribution in [3.8, 4) is 0 Å². The second-order valence-corrected chi connectivity index (χ2v) is 8.35.